The van der Waals surface area contributed by atoms with Gasteiger partial charge in [-0.15, -0.1) is 11.3 Å². The summed E-state index contributed by atoms with van der Waals surface area (Å²) in [6.07, 6.45) is -0.516. The third-order valence-electron chi connectivity index (χ3n) is 4.23. The van der Waals surface area contributed by atoms with E-state index >= 15 is 0 Å². The normalized spacial score (nSPS) is 20.2. The second-order valence-electron chi connectivity index (χ2n) is 6.61. The Morgan fingerprint density at radius 1 is 1.14 bits per heavy atom. The summed E-state index contributed by atoms with van der Waals surface area (Å²) < 4.78 is 33.0. The first-order valence-corrected chi connectivity index (χ1v) is 11.5. The first-order valence-electron chi connectivity index (χ1n) is 8.78. The van der Waals surface area contributed by atoms with Crippen LogP contribution in [-0.2, 0) is 14.8 Å². The Labute approximate surface area is 177 Å². The van der Waals surface area contributed by atoms with Crippen molar-refractivity contribution in [2.24, 2.45) is 0 Å². The van der Waals surface area contributed by atoms with Gasteiger partial charge >= 0.3 is 0 Å². The highest BCUT2D eigenvalue weighted by Gasteiger charge is 2.33. The summed E-state index contributed by atoms with van der Waals surface area (Å²) in [5.41, 5.74) is 4.62. The molecule has 0 bridgehead atoms. The molecule has 2 amide bonds. The maximum absolute atomic E-state index is 13.1. The number of hydrogen-bond donors (Lipinski definition) is 2. The van der Waals surface area contributed by atoms with Crippen molar-refractivity contribution >= 4 is 44.8 Å². The zero-order valence-electron chi connectivity index (χ0n) is 15.7. The van der Waals surface area contributed by atoms with E-state index in [-0.39, 0.29) is 40.8 Å². The molecule has 0 spiro atoms. The molecule has 2 atom stereocenters. The van der Waals surface area contributed by atoms with Gasteiger partial charge < -0.3 is 4.74 Å². The number of hydrogen-bond acceptors (Lipinski definition) is 6. The minimum absolute atomic E-state index is 0.0102. The molecule has 2 aromatic rings. The van der Waals surface area contributed by atoms with Crippen molar-refractivity contribution in [3.8, 4) is 0 Å². The summed E-state index contributed by atoms with van der Waals surface area (Å²) in [4.78, 5) is 24.6. The summed E-state index contributed by atoms with van der Waals surface area (Å²) in [5.74, 6) is -1.13. The van der Waals surface area contributed by atoms with Crippen molar-refractivity contribution in [2.45, 2.75) is 31.0 Å². The van der Waals surface area contributed by atoms with Crippen molar-refractivity contribution in [3.63, 3.8) is 0 Å². The molecule has 1 saturated heterocycles. The number of halogens is 1. The quantitative estimate of drug-likeness (QED) is 0.685. The van der Waals surface area contributed by atoms with E-state index in [2.05, 4.69) is 10.9 Å². The third-order valence-corrected chi connectivity index (χ3v) is 7.41. The van der Waals surface area contributed by atoms with E-state index in [1.165, 1.54) is 33.8 Å². The molecule has 1 aliphatic heterocycles. The number of thiophene rings is 1. The summed E-state index contributed by atoms with van der Waals surface area (Å²) in [6.45, 7) is 3.96. The minimum atomic E-state index is -3.93. The van der Waals surface area contributed by atoms with Crippen molar-refractivity contribution in [3.05, 3.63) is 51.2 Å². The molecule has 3 rings (SSSR count). The van der Waals surface area contributed by atoms with Gasteiger partial charge in [0.15, 0.2) is 0 Å². The average Bonchev–Trinajstić information content (AvgIpc) is 3.20. The van der Waals surface area contributed by atoms with Gasteiger partial charge in [-0.05, 0) is 43.5 Å². The van der Waals surface area contributed by atoms with Crippen LogP contribution in [0.4, 0.5) is 0 Å². The van der Waals surface area contributed by atoms with Crippen molar-refractivity contribution < 1.29 is 22.7 Å². The lowest BCUT2D eigenvalue weighted by Crippen LogP contribution is -2.48. The molecule has 29 heavy (non-hydrogen) atoms. The average molecular weight is 458 g/mol. The fourth-order valence-electron chi connectivity index (χ4n) is 2.96. The summed E-state index contributed by atoms with van der Waals surface area (Å²) in [6, 6.07) is 7.26. The lowest BCUT2D eigenvalue weighted by molar-refractivity contribution is -0.0440. The molecule has 1 aliphatic rings. The van der Waals surface area contributed by atoms with E-state index in [0.717, 1.165) is 0 Å². The summed E-state index contributed by atoms with van der Waals surface area (Å²) in [7, 11) is -3.93. The number of carbonyl (C=O) groups is 2. The summed E-state index contributed by atoms with van der Waals surface area (Å²) in [5, 5.41) is 1.75. The van der Waals surface area contributed by atoms with Gasteiger partial charge in [0.25, 0.3) is 11.8 Å². The van der Waals surface area contributed by atoms with Crippen LogP contribution in [0.15, 0.2) is 40.6 Å². The number of carbonyl (C=O) groups excluding carboxylic acids is 2. The molecular formula is C18H20ClN3O5S2. The zero-order valence-corrected chi connectivity index (χ0v) is 18.1. The molecule has 11 heteroatoms. The monoisotopic (exact) mass is 457 g/mol. The molecule has 156 valence electrons. The third kappa shape index (κ3) is 4.96. The van der Waals surface area contributed by atoms with Crippen LogP contribution in [0.3, 0.4) is 0 Å². The highest BCUT2D eigenvalue weighted by atomic mass is 35.5. The SMILES string of the molecule is C[C@H]1CN(S(=O)(=O)c2cc(C(=O)NNC(=O)c3cccs3)ccc2Cl)C[C@H](C)O1. The predicted octanol–water partition coefficient (Wildman–Crippen LogP) is 2.27. The number of rotatable bonds is 4. The second kappa shape index (κ2) is 8.80. The molecule has 1 aromatic carbocycles. The second-order valence-corrected chi connectivity index (χ2v) is 9.87. The van der Waals surface area contributed by atoms with Crippen LogP contribution in [0, 0.1) is 0 Å². The van der Waals surface area contributed by atoms with Crippen LogP contribution in [0.5, 0.6) is 0 Å². The highest BCUT2D eigenvalue weighted by Crippen LogP contribution is 2.28. The largest absolute Gasteiger partial charge is 0.373 e. The van der Waals surface area contributed by atoms with Gasteiger partial charge in [-0.25, -0.2) is 8.42 Å². The van der Waals surface area contributed by atoms with Crippen LogP contribution in [0.2, 0.25) is 5.02 Å². The van der Waals surface area contributed by atoms with E-state index in [4.69, 9.17) is 16.3 Å². The maximum Gasteiger partial charge on any atom is 0.279 e. The number of benzene rings is 1. The Bertz CT molecular complexity index is 1000. The number of morpholine rings is 1. The van der Waals surface area contributed by atoms with E-state index in [0.29, 0.717) is 4.88 Å². The van der Waals surface area contributed by atoms with E-state index in [1.807, 2.05) is 0 Å². The van der Waals surface area contributed by atoms with Gasteiger partial charge in [0.1, 0.15) is 4.90 Å². The van der Waals surface area contributed by atoms with Gasteiger partial charge in [0, 0.05) is 18.7 Å². The number of ether oxygens (including phenoxy) is 1. The van der Waals surface area contributed by atoms with Crippen LogP contribution in [-0.4, -0.2) is 49.8 Å². The van der Waals surface area contributed by atoms with Gasteiger partial charge in [0.05, 0.1) is 22.1 Å². The number of nitrogens with one attached hydrogen (secondary N) is 2. The van der Waals surface area contributed by atoms with Gasteiger partial charge in [-0.3, -0.25) is 20.4 Å². The van der Waals surface area contributed by atoms with Crippen LogP contribution >= 0.6 is 22.9 Å². The molecule has 8 nitrogen and oxygen atoms in total. The Morgan fingerprint density at radius 3 is 2.41 bits per heavy atom. The maximum atomic E-state index is 13.1. The lowest BCUT2D eigenvalue weighted by Gasteiger charge is -2.34. The Morgan fingerprint density at radius 2 is 1.79 bits per heavy atom. The van der Waals surface area contributed by atoms with Crippen LogP contribution in [0.25, 0.3) is 0 Å². The molecule has 1 aromatic heterocycles. The Balaban J connectivity index is 1.78. The number of hydrazine groups is 1. The summed E-state index contributed by atoms with van der Waals surface area (Å²) >= 11 is 7.36. The van der Waals surface area contributed by atoms with E-state index in [1.54, 1.807) is 31.4 Å². The molecule has 0 radical (unpaired) electrons. The number of nitrogens with zero attached hydrogens (tertiary/aromatic N) is 1. The van der Waals surface area contributed by atoms with Crippen LogP contribution < -0.4 is 10.9 Å². The highest BCUT2D eigenvalue weighted by molar-refractivity contribution is 7.89. The first-order chi connectivity index (χ1) is 13.7. The Hall–Kier alpha value is -1.98. The van der Waals surface area contributed by atoms with Crippen molar-refractivity contribution in [1.82, 2.24) is 15.2 Å². The number of amides is 2. The Kier molecular flexibility index (Phi) is 6.59. The van der Waals surface area contributed by atoms with Crippen molar-refractivity contribution in [1.29, 1.82) is 0 Å². The molecule has 0 aliphatic carbocycles. The van der Waals surface area contributed by atoms with Gasteiger partial charge in [-0.1, -0.05) is 17.7 Å². The minimum Gasteiger partial charge on any atom is -0.373 e. The fraction of sp³-hybridized carbons (Fsp3) is 0.333. The molecule has 2 heterocycles. The van der Waals surface area contributed by atoms with E-state index < -0.39 is 21.8 Å². The molecule has 0 unspecified atom stereocenters. The standard InChI is InChI=1S/C18H20ClN3O5S2/c1-11-9-22(10-12(2)27-11)29(25,26)16-8-13(5-6-14(16)19)17(23)20-21-18(24)15-4-3-7-28-15/h3-8,11-12H,9-10H2,1-2H3,(H,20,23)(H,21,24)/t11-,12-/m0/s1. The smallest absolute Gasteiger partial charge is 0.279 e. The molecular weight excluding hydrogens is 438 g/mol. The van der Waals surface area contributed by atoms with Gasteiger partial charge in [-0.2, -0.15) is 4.31 Å². The molecule has 2 N–H and O–H groups in total. The zero-order chi connectivity index (χ0) is 21.2. The molecule has 1 fully saturated rings. The van der Waals surface area contributed by atoms with Gasteiger partial charge in [0.2, 0.25) is 10.0 Å². The van der Waals surface area contributed by atoms with Crippen molar-refractivity contribution in [2.75, 3.05) is 13.1 Å². The lowest BCUT2D eigenvalue weighted by atomic mass is 10.2. The fourth-order valence-corrected chi connectivity index (χ4v) is 5.67. The van der Waals surface area contributed by atoms with Crippen LogP contribution in [0.1, 0.15) is 33.9 Å². The predicted molar refractivity (Wildman–Crippen MR) is 109 cm³/mol. The molecule has 0 saturated carbocycles. The van der Waals surface area contributed by atoms with E-state index in [9.17, 15) is 18.0 Å². The first kappa shape index (κ1) is 21.7. The topological polar surface area (TPSA) is 105 Å². The number of sulfonamides is 1.